The van der Waals surface area contributed by atoms with Gasteiger partial charge in [0.2, 0.25) is 0 Å². The number of H-pyrrole nitrogens is 1. The molecule has 2 aliphatic heterocycles. The van der Waals surface area contributed by atoms with Gasteiger partial charge >= 0.3 is 0 Å². The Morgan fingerprint density at radius 3 is 3.04 bits per heavy atom. The molecule has 0 spiro atoms. The van der Waals surface area contributed by atoms with Crippen LogP contribution in [0.1, 0.15) is 18.5 Å². The summed E-state index contributed by atoms with van der Waals surface area (Å²) in [6.07, 6.45) is 5.61. The molecule has 9 heteroatoms. The molecule has 2 fully saturated rings. The molecule has 0 aliphatic carbocycles. The van der Waals surface area contributed by atoms with E-state index in [0.717, 1.165) is 6.16 Å². The zero-order chi connectivity index (χ0) is 18.0. The summed E-state index contributed by atoms with van der Waals surface area (Å²) in [5.41, 5.74) is -0.318. The number of imidazole rings is 1. The molecule has 136 valence electrons. The van der Waals surface area contributed by atoms with E-state index >= 15 is 0 Å². The zero-order valence-corrected chi connectivity index (χ0v) is 15.5. The fraction of sp³-hybridized carbons (Fsp3) is 0.625. The Morgan fingerprint density at radius 2 is 2.32 bits per heavy atom. The molecule has 0 amide bonds. The molecule has 0 saturated carbocycles. The van der Waals surface area contributed by atoms with Gasteiger partial charge in [0, 0.05) is 0 Å². The fourth-order valence-electron chi connectivity index (χ4n) is 3.57. The van der Waals surface area contributed by atoms with Gasteiger partial charge in [-0.25, -0.2) is 9.97 Å². The monoisotopic (exact) mass is 366 g/mol. The molecule has 2 bridgehead atoms. The van der Waals surface area contributed by atoms with E-state index < -0.39 is 30.9 Å². The standard InChI is InChI=1S/C16H23N4O4P/c1-9-18-13-10(14(22)19-9)17-8-20(13)15-11-12(21)16(24-15,7-23-11)5-6-25(2,3)4/h8,11-12,15,21H,2,5-7H2,1,3-4H3,(H,18,19,22)/t11?,12-,15?,16-/m0/s1. The summed E-state index contributed by atoms with van der Waals surface area (Å²) in [5.74, 6) is 0.502. The maximum atomic E-state index is 12.0. The van der Waals surface area contributed by atoms with Gasteiger partial charge in [0.1, 0.15) is 23.6 Å². The number of rotatable bonds is 4. The van der Waals surface area contributed by atoms with Crippen LogP contribution in [0.3, 0.4) is 0 Å². The smallest absolute Gasteiger partial charge is 0.279 e. The lowest BCUT2D eigenvalue weighted by Gasteiger charge is -2.32. The van der Waals surface area contributed by atoms with E-state index in [2.05, 4.69) is 34.6 Å². The van der Waals surface area contributed by atoms with E-state index in [9.17, 15) is 9.90 Å². The third-order valence-corrected chi connectivity index (χ3v) is 6.41. The van der Waals surface area contributed by atoms with Gasteiger partial charge in [0.15, 0.2) is 17.4 Å². The minimum atomic E-state index is -1.24. The predicted octanol–water partition coefficient (Wildman–Crippen LogP) is 0.555. The van der Waals surface area contributed by atoms with Gasteiger partial charge in [-0.15, -0.1) is 13.2 Å². The van der Waals surface area contributed by atoms with Gasteiger partial charge in [-0.1, -0.05) is 0 Å². The maximum absolute atomic E-state index is 12.0. The van der Waals surface area contributed by atoms with E-state index in [4.69, 9.17) is 9.47 Å². The minimum absolute atomic E-state index is 0.255. The summed E-state index contributed by atoms with van der Waals surface area (Å²) in [6, 6.07) is 0. The van der Waals surface area contributed by atoms with E-state index in [1.807, 2.05) is 0 Å². The van der Waals surface area contributed by atoms with Crippen LogP contribution in [-0.2, 0) is 9.47 Å². The second-order valence-corrected chi connectivity index (χ2v) is 12.0. The molecule has 2 unspecified atom stereocenters. The van der Waals surface area contributed by atoms with Gasteiger partial charge in [0.25, 0.3) is 5.56 Å². The highest BCUT2D eigenvalue weighted by Crippen LogP contribution is 2.49. The van der Waals surface area contributed by atoms with Crippen molar-refractivity contribution >= 4 is 24.3 Å². The summed E-state index contributed by atoms with van der Waals surface area (Å²) in [7, 11) is 0. The van der Waals surface area contributed by atoms with E-state index in [1.165, 1.54) is 6.33 Å². The number of hydrogen-bond donors (Lipinski definition) is 2. The van der Waals surface area contributed by atoms with Crippen LogP contribution in [0.15, 0.2) is 11.1 Å². The average Bonchev–Trinajstić information content (AvgIpc) is 3.15. The molecule has 8 nitrogen and oxygen atoms in total. The van der Waals surface area contributed by atoms with Gasteiger partial charge in [-0.2, -0.15) is 0 Å². The van der Waals surface area contributed by atoms with Crippen molar-refractivity contribution < 1.29 is 14.6 Å². The van der Waals surface area contributed by atoms with Crippen LogP contribution in [0.25, 0.3) is 11.2 Å². The molecule has 2 N–H and O–H groups in total. The minimum Gasteiger partial charge on any atom is -0.387 e. The molecule has 2 saturated heterocycles. The largest absolute Gasteiger partial charge is 0.387 e. The number of aryl methyl sites for hydroxylation is 1. The molecule has 2 aromatic heterocycles. The lowest BCUT2D eigenvalue weighted by atomic mass is 9.96. The highest BCUT2D eigenvalue weighted by molar-refractivity contribution is 7.72. The molecule has 25 heavy (non-hydrogen) atoms. The Balaban J connectivity index is 1.70. The zero-order valence-electron chi connectivity index (χ0n) is 14.6. The van der Waals surface area contributed by atoms with E-state index in [1.54, 1.807) is 11.5 Å². The van der Waals surface area contributed by atoms with Gasteiger partial charge in [-0.3, -0.25) is 9.36 Å². The van der Waals surface area contributed by atoms with Crippen molar-refractivity contribution in [2.45, 2.75) is 37.4 Å². The lowest BCUT2D eigenvalue weighted by Crippen LogP contribution is -2.41. The SMILES string of the molecule is C=P(C)(C)CC[C@@]12COC(C(n3cnc4c(=O)[nH]c(C)nc43)O1)[C@@H]2O. The summed E-state index contributed by atoms with van der Waals surface area (Å²) in [6.45, 7) is 5.18. The van der Waals surface area contributed by atoms with E-state index in [0.29, 0.717) is 24.5 Å². The number of ether oxygens (including phenoxy) is 2. The third kappa shape index (κ3) is 2.68. The summed E-state index contributed by atoms with van der Waals surface area (Å²) in [5, 5.41) is 10.7. The van der Waals surface area contributed by atoms with Crippen molar-refractivity contribution in [2.24, 2.45) is 0 Å². The number of nitrogens with one attached hydrogen (secondary N) is 1. The maximum Gasteiger partial charge on any atom is 0.279 e. The van der Waals surface area contributed by atoms with Crippen molar-refractivity contribution in [3.63, 3.8) is 0 Å². The number of hydrogen-bond acceptors (Lipinski definition) is 6. The molecule has 2 aromatic rings. The first-order chi connectivity index (χ1) is 11.7. The molecule has 2 aliphatic rings. The number of aliphatic hydroxyl groups is 1. The Hall–Kier alpha value is -1.47. The quantitative estimate of drug-likeness (QED) is 0.767. The normalized spacial score (nSPS) is 31.9. The van der Waals surface area contributed by atoms with Crippen LogP contribution < -0.4 is 5.56 Å². The van der Waals surface area contributed by atoms with Crippen LogP contribution >= 0.6 is 6.89 Å². The fourth-order valence-corrected chi connectivity index (χ4v) is 4.55. The lowest BCUT2D eigenvalue weighted by molar-refractivity contribution is -0.172. The second kappa shape index (κ2) is 5.51. The molecule has 4 heterocycles. The van der Waals surface area contributed by atoms with Crippen molar-refractivity contribution in [1.29, 1.82) is 0 Å². The topological polar surface area (TPSA) is 102 Å². The van der Waals surface area contributed by atoms with E-state index in [-0.39, 0.29) is 11.1 Å². The van der Waals surface area contributed by atoms with Gasteiger partial charge < -0.3 is 19.6 Å². The molecule has 0 radical (unpaired) electrons. The molecule has 4 rings (SSSR count). The molecule has 0 aromatic carbocycles. The summed E-state index contributed by atoms with van der Waals surface area (Å²) >= 11 is 0. The van der Waals surface area contributed by atoms with Crippen molar-refractivity contribution in [2.75, 3.05) is 26.1 Å². The van der Waals surface area contributed by atoms with Crippen molar-refractivity contribution in [3.8, 4) is 0 Å². The Labute approximate surface area is 145 Å². The van der Waals surface area contributed by atoms with Crippen LogP contribution in [0.2, 0.25) is 0 Å². The first kappa shape index (κ1) is 17.0. The van der Waals surface area contributed by atoms with Crippen LogP contribution in [0.5, 0.6) is 0 Å². The molecule has 4 atom stereocenters. The average molecular weight is 366 g/mol. The number of aromatic amines is 1. The van der Waals surface area contributed by atoms with Crippen molar-refractivity contribution in [3.05, 3.63) is 22.5 Å². The summed E-state index contributed by atoms with van der Waals surface area (Å²) in [4.78, 5) is 23.2. The molecular formula is C16H23N4O4P. The predicted molar refractivity (Wildman–Crippen MR) is 96.9 cm³/mol. The number of aliphatic hydroxyl groups excluding tert-OH is 1. The van der Waals surface area contributed by atoms with Crippen LogP contribution in [0, 0.1) is 6.92 Å². The van der Waals surface area contributed by atoms with Crippen LogP contribution in [-0.4, -0.2) is 74.8 Å². The van der Waals surface area contributed by atoms with Crippen LogP contribution in [0.4, 0.5) is 0 Å². The first-order valence-electron chi connectivity index (χ1n) is 8.28. The Kier molecular flexibility index (Phi) is 3.74. The highest BCUT2D eigenvalue weighted by atomic mass is 31.2. The molecular weight excluding hydrogens is 343 g/mol. The summed E-state index contributed by atoms with van der Waals surface area (Å²) < 4.78 is 13.8. The number of nitrogens with zero attached hydrogens (tertiary/aromatic N) is 3. The van der Waals surface area contributed by atoms with Gasteiger partial charge in [0.05, 0.1) is 12.9 Å². The number of aromatic nitrogens is 4. The van der Waals surface area contributed by atoms with Crippen molar-refractivity contribution in [1.82, 2.24) is 19.5 Å². The first-order valence-corrected chi connectivity index (χ1v) is 11.3. The second-order valence-electron chi connectivity index (χ2n) is 7.68. The Morgan fingerprint density at radius 1 is 1.56 bits per heavy atom. The number of fused-ring (bicyclic) bond motifs is 3. The van der Waals surface area contributed by atoms with Gasteiger partial charge in [-0.05, 0) is 32.8 Å². The Bertz CT molecular complexity index is 932. The highest BCUT2D eigenvalue weighted by Gasteiger charge is 2.61. The third-order valence-electron chi connectivity index (χ3n) is 4.97.